The Morgan fingerprint density at radius 1 is 1.34 bits per heavy atom. The number of nitrogens with two attached hydrogens (primary N) is 1. The quantitative estimate of drug-likeness (QED) is 0.209. The van der Waals surface area contributed by atoms with Crippen LogP contribution >= 0.6 is 0 Å². The summed E-state index contributed by atoms with van der Waals surface area (Å²) in [7, 11) is -0.0204. The molecule has 0 radical (unpaired) electrons. The molecule has 0 bridgehead atoms. The van der Waals surface area contributed by atoms with Gasteiger partial charge in [-0.2, -0.15) is 5.37 Å². The van der Waals surface area contributed by atoms with Gasteiger partial charge in [-0.3, -0.25) is 14.6 Å². The number of aromatic nitrogens is 1. The SMILES string of the molecule is COC(=O)CCCC#Cc1ccc([C@H](CCC(N)=O)N/[S-](=O)=C\C(C)(C)C)nc1. The average molecular weight is 421 g/mol. The van der Waals surface area contributed by atoms with E-state index in [-0.39, 0.29) is 23.8 Å². The molecule has 0 aliphatic heterocycles. The van der Waals surface area contributed by atoms with Gasteiger partial charge in [0.25, 0.3) is 0 Å². The Morgan fingerprint density at radius 3 is 2.62 bits per heavy atom. The van der Waals surface area contributed by atoms with E-state index in [4.69, 9.17) is 5.73 Å². The number of unbranched alkanes of at least 4 members (excludes halogenated alkanes) is 1. The summed E-state index contributed by atoms with van der Waals surface area (Å²) in [5.74, 6) is 5.34. The number of hydrogen-bond acceptors (Lipinski definition) is 6. The first-order valence-corrected chi connectivity index (χ1v) is 10.6. The van der Waals surface area contributed by atoms with Gasteiger partial charge >= 0.3 is 5.97 Å². The molecule has 0 spiro atoms. The lowest BCUT2D eigenvalue weighted by Crippen LogP contribution is -2.25. The lowest BCUT2D eigenvalue weighted by molar-refractivity contribution is -0.140. The number of pyridine rings is 1. The smallest absolute Gasteiger partial charge is 0.305 e. The van der Waals surface area contributed by atoms with Crippen LogP contribution in [0.4, 0.5) is 0 Å². The third-order valence-electron chi connectivity index (χ3n) is 3.68. The van der Waals surface area contributed by atoms with Crippen molar-refractivity contribution >= 4 is 27.8 Å². The van der Waals surface area contributed by atoms with Crippen LogP contribution in [0, 0.1) is 17.3 Å². The van der Waals surface area contributed by atoms with Crippen molar-refractivity contribution in [3.05, 3.63) is 29.6 Å². The minimum atomic E-state index is -1.39. The average Bonchev–Trinajstić information content (AvgIpc) is 2.63. The molecular weight excluding hydrogens is 390 g/mol. The van der Waals surface area contributed by atoms with Crippen molar-refractivity contribution < 1.29 is 18.5 Å². The highest BCUT2D eigenvalue weighted by atomic mass is 32.2. The lowest BCUT2D eigenvalue weighted by Gasteiger charge is -2.24. The van der Waals surface area contributed by atoms with Gasteiger partial charge in [0.15, 0.2) is 0 Å². The fraction of sp³-hybridized carbons (Fsp3) is 0.524. The number of nitrogens with one attached hydrogen (secondary N) is 1. The number of nitrogens with zero attached hydrogens (tertiary/aromatic N) is 1. The first-order chi connectivity index (χ1) is 13.6. The molecule has 160 valence electrons. The third kappa shape index (κ3) is 11.3. The summed E-state index contributed by atoms with van der Waals surface area (Å²) >= 11 is 0. The fourth-order valence-corrected chi connectivity index (χ4v) is 3.55. The minimum absolute atomic E-state index is 0.161. The number of amides is 1. The largest absolute Gasteiger partial charge is 0.469 e. The normalized spacial score (nSPS) is 13.2. The Bertz CT molecular complexity index is 826. The van der Waals surface area contributed by atoms with Gasteiger partial charge in [0.2, 0.25) is 5.91 Å². The van der Waals surface area contributed by atoms with E-state index in [1.165, 1.54) is 7.11 Å². The van der Waals surface area contributed by atoms with Crippen molar-refractivity contribution in [1.29, 1.82) is 0 Å². The lowest BCUT2D eigenvalue weighted by atomic mass is 10.0. The number of hydrogen-bond donors (Lipinski definition) is 2. The van der Waals surface area contributed by atoms with E-state index in [0.717, 1.165) is 5.56 Å². The Morgan fingerprint density at radius 2 is 2.07 bits per heavy atom. The fourth-order valence-electron chi connectivity index (χ4n) is 2.32. The standard InChI is InChI=1S/C21H30N3O4S/c1-21(2,3)15-29(27)24-18(12-13-19(22)25)17-11-10-16(14-23-17)8-6-5-7-9-20(26)28-4/h10-11,14-15,18H,5,7,9,12-13H2,1-4H3,(H2,22,25)(H,24,27)/q-1/t18-/m0/s1. The molecule has 0 unspecified atom stereocenters. The van der Waals surface area contributed by atoms with E-state index in [1.54, 1.807) is 17.6 Å². The van der Waals surface area contributed by atoms with E-state index < -0.39 is 16.5 Å². The highest BCUT2D eigenvalue weighted by molar-refractivity contribution is 7.81. The number of methoxy groups -OCH3 is 1. The monoisotopic (exact) mass is 420 g/mol. The number of carbonyl (C=O) groups excluding carboxylic acids is 2. The third-order valence-corrected chi connectivity index (χ3v) is 5.12. The predicted molar refractivity (Wildman–Crippen MR) is 115 cm³/mol. The van der Waals surface area contributed by atoms with Gasteiger partial charge in [-0.1, -0.05) is 32.6 Å². The topological polar surface area (TPSA) is 111 Å². The van der Waals surface area contributed by atoms with Gasteiger partial charge in [0.05, 0.1) is 12.8 Å². The molecule has 3 N–H and O–H groups in total. The van der Waals surface area contributed by atoms with Crippen LogP contribution < -0.4 is 10.5 Å². The molecule has 1 atom stereocenters. The van der Waals surface area contributed by atoms with Crippen LogP contribution in [0.5, 0.6) is 0 Å². The molecular formula is C21H30N3O4S-. The maximum absolute atomic E-state index is 12.4. The van der Waals surface area contributed by atoms with Crippen molar-refractivity contribution in [2.24, 2.45) is 11.1 Å². The molecule has 0 fully saturated rings. The van der Waals surface area contributed by atoms with Gasteiger partial charge in [-0.15, -0.1) is 0 Å². The Hall–Kier alpha value is -2.37. The Labute approximate surface area is 175 Å². The molecule has 0 saturated carbocycles. The minimum Gasteiger partial charge on any atom is -0.469 e. The maximum atomic E-state index is 12.4. The first kappa shape index (κ1) is 24.7. The molecule has 1 aromatic heterocycles. The van der Waals surface area contributed by atoms with Gasteiger partial charge in [0, 0.05) is 37.1 Å². The van der Waals surface area contributed by atoms with Crippen molar-refractivity contribution in [3.63, 3.8) is 0 Å². The predicted octanol–water partition coefficient (Wildman–Crippen LogP) is 2.40. The summed E-state index contributed by atoms with van der Waals surface area (Å²) in [6.45, 7) is 5.88. The van der Waals surface area contributed by atoms with Crippen molar-refractivity contribution in [3.8, 4) is 11.8 Å². The van der Waals surface area contributed by atoms with Crippen LogP contribution in [0.3, 0.4) is 0 Å². The van der Waals surface area contributed by atoms with Crippen LogP contribution in [-0.2, 0) is 29.1 Å². The number of rotatable bonds is 9. The van der Waals surface area contributed by atoms with E-state index in [1.807, 2.05) is 26.8 Å². The van der Waals surface area contributed by atoms with Crippen LogP contribution in [-0.4, -0.2) is 29.3 Å². The molecule has 8 heteroatoms. The summed E-state index contributed by atoms with van der Waals surface area (Å²) in [5.41, 5.74) is 6.45. The highest BCUT2D eigenvalue weighted by Crippen LogP contribution is 2.17. The summed E-state index contributed by atoms with van der Waals surface area (Å²) in [5, 5.41) is 1.71. The summed E-state index contributed by atoms with van der Waals surface area (Å²) < 4.78 is 20.0. The molecule has 0 aromatic carbocycles. The van der Waals surface area contributed by atoms with Gasteiger partial charge < -0.3 is 19.4 Å². The first-order valence-electron chi connectivity index (χ1n) is 9.43. The van der Waals surface area contributed by atoms with E-state index >= 15 is 0 Å². The van der Waals surface area contributed by atoms with Gasteiger partial charge in [0.1, 0.15) is 0 Å². The summed E-state index contributed by atoms with van der Waals surface area (Å²) in [4.78, 5) is 26.6. The second kappa shape index (κ2) is 12.2. The summed E-state index contributed by atoms with van der Waals surface area (Å²) in [6, 6.07) is 3.25. The second-order valence-corrected chi connectivity index (χ2v) is 8.73. The van der Waals surface area contributed by atoms with Crippen molar-refractivity contribution in [2.75, 3.05) is 7.11 Å². The van der Waals surface area contributed by atoms with Gasteiger partial charge in [-0.25, -0.2) is 10.6 Å². The molecule has 0 saturated heterocycles. The number of primary amides is 1. The molecule has 29 heavy (non-hydrogen) atoms. The Balaban J connectivity index is 2.82. The number of esters is 1. The van der Waals surface area contributed by atoms with E-state index in [2.05, 4.69) is 26.3 Å². The second-order valence-electron chi connectivity index (χ2n) is 7.66. The molecule has 0 aliphatic carbocycles. The van der Waals surface area contributed by atoms with Crippen molar-refractivity contribution in [2.45, 2.75) is 58.9 Å². The molecule has 1 heterocycles. The molecule has 1 amide bonds. The molecule has 7 nitrogen and oxygen atoms in total. The molecule has 0 aliphatic rings. The zero-order valence-corrected chi connectivity index (χ0v) is 18.3. The molecule has 1 aromatic rings. The van der Waals surface area contributed by atoms with Crippen molar-refractivity contribution in [1.82, 2.24) is 9.71 Å². The maximum Gasteiger partial charge on any atom is 0.305 e. The van der Waals surface area contributed by atoms with Crippen LogP contribution in [0.2, 0.25) is 0 Å². The van der Waals surface area contributed by atoms with Crippen LogP contribution in [0.1, 0.15) is 70.2 Å². The zero-order chi connectivity index (χ0) is 21.9. The Kier molecular flexibility index (Phi) is 10.4. The zero-order valence-electron chi connectivity index (χ0n) is 17.5. The summed E-state index contributed by atoms with van der Waals surface area (Å²) in [6.07, 6.45) is 3.76. The van der Waals surface area contributed by atoms with Gasteiger partial charge in [-0.05, 0) is 30.4 Å². The van der Waals surface area contributed by atoms with Crippen LogP contribution in [0.15, 0.2) is 18.3 Å². The molecule has 1 rings (SSSR count). The van der Waals surface area contributed by atoms with E-state index in [0.29, 0.717) is 31.4 Å². The van der Waals surface area contributed by atoms with Crippen LogP contribution in [0.25, 0.3) is 0 Å². The highest BCUT2D eigenvalue weighted by Gasteiger charge is 2.12. The number of carbonyl (C=O) groups is 2. The number of ether oxygens (including phenoxy) is 1. The van der Waals surface area contributed by atoms with E-state index in [9.17, 15) is 13.8 Å².